The maximum atomic E-state index is 14.4. The topological polar surface area (TPSA) is 56.1 Å². The Hall–Kier alpha value is -3.38. The number of carbonyl (C=O) groups is 1. The van der Waals surface area contributed by atoms with E-state index in [0.717, 1.165) is 16.9 Å². The first-order chi connectivity index (χ1) is 15.6. The number of para-hydroxylation sites is 3. The predicted molar refractivity (Wildman–Crippen MR) is 124 cm³/mol. The number of benzene rings is 3. The van der Waals surface area contributed by atoms with Crippen LogP contribution in [0.15, 0.2) is 72.8 Å². The molecule has 0 saturated carbocycles. The SMILES string of the molecule is O=C(COc1ccccc1)NCCCc1nc2ccccc2n1Cc1c(F)cccc1Cl. The molecule has 0 fully saturated rings. The molecular formula is C25H23ClFN3O2. The number of hydrogen-bond acceptors (Lipinski definition) is 3. The Morgan fingerprint density at radius 3 is 2.62 bits per heavy atom. The molecule has 0 atom stereocenters. The van der Waals surface area contributed by atoms with Crippen LogP contribution in [0.3, 0.4) is 0 Å². The number of carbonyl (C=O) groups excluding carboxylic acids is 1. The molecule has 0 spiro atoms. The predicted octanol–water partition coefficient (Wildman–Crippen LogP) is 5.00. The van der Waals surface area contributed by atoms with Gasteiger partial charge in [0.25, 0.3) is 5.91 Å². The molecule has 1 N–H and O–H groups in total. The van der Waals surface area contributed by atoms with Crippen molar-refractivity contribution in [2.24, 2.45) is 0 Å². The van der Waals surface area contributed by atoms with Gasteiger partial charge >= 0.3 is 0 Å². The molecule has 0 aliphatic rings. The van der Waals surface area contributed by atoms with Gasteiger partial charge in [0, 0.05) is 23.6 Å². The largest absolute Gasteiger partial charge is 0.484 e. The van der Waals surface area contributed by atoms with Gasteiger partial charge in [-0.15, -0.1) is 0 Å². The van der Waals surface area contributed by atoms with Gasteiger partial charge in [-0.1, -0.05) is 48.0 Å². The molecule has 0 aliphatic carbocycles. The van der Waals surface area contributed by atoms with Gasteiger partial charge in [0.15, 0.2) is 6.61 Å². The maximum Gasteiger partial charge on any atom is 0.257 e. The van der Waals surface area contributed by atoms with Crippen LogP contribution in [0, 0.1) is 5.82 Å². The molecular weight excluding hydrogens is 429 g/mol. The normalized spacial score (nSPS) is 10.9. The molecule has 164 valence electrons. The molecule has 0 unspecified atom stereocenters. The van der Waals surface area contributed by atoms with Crippen LogP contribution in [0.2, 0.25) is 5.02 Å². The fourth-order valence-electron chi connectivity index (χ4n) is 3.53. The summed E-state index contributed by atoms with van der Waals surface area (Å²) in [5, 5.41) is 3.25. The van der Waals surface area contributed by atoms with Gasteiger partial charge in [0.2, 0.25) is 0 Å². The number of rotatable bonds is 9. The minimum atomic E-state index is -0.341. The molecule has 5 nitrogen and oxygen atoms in total. The second kappa shape index (κ2) is 10.3. The second-order valence-electron chi connectivity index (χ2n) is 7.36. The van der Waals surface area contributed by atoms with E-state index in [2.05, 4.69) is 5.32 Å². The lowest BCUT2D eigenvalue weighted by molar-refractivity contribution is -0.123. The lowest BCUT2D eigenvalue weighted by Gasteiger charge is -2.12. The third kappa shape index (κ3) is 5.26. The summed E-state index contributed by atoms with van der Waals surface area (Å²) in [5.74, 6) is 0.955. The van der Waals surface area contributed by atoms with Crippen molar-refractivity contribution in [1.29, 1.82) is 0 Å². The second-order valence-corrected chi connectivity index (χ2v) is 7.77. The average Bonchev–Trinajstić information content (AvgIpc) is 3.16. The average molecular weight is 452 g/mol. The van der Waals surface area contributed by atoms with E-state index in [9.17, 15) is 9.18 Å². The number of hydrogen-bond donors (Lipinski definition) is 1. The monoisotopic (exact) mass is 451 g/mol. The number of aryl methyl sites for hydroxylation is 1. The molecule has 0 bridgehead atoms. The minimum Gasteiger partial charge on any atom is -0.484 e. The van der Waals surface area contributed by atoms with Crippen LogP contribution in [0.4, 0.5) is 4.39 Å². The van der Waals surface area contributed by atoms with Crippen LogP contribution in [0.25, 0.3) is 11.0 Å². The van der Waals surface area contributed by atoms with Crippen LogP contribution in [0.5, 0.6) is 5.75 Å². The van der Waals surface area contributed by atoms with E-state index in [-0.39, 0.29) is 18.3 Å². The summed E-state index contributed by atoms with van der Waals surface area (Å²) in [5.41, 5.74) is 2.20. The number of amides is 1. The highest BCUT2D eigenvalue weighted by atomic mass is 35.5. The highest BCUT2D eigenvalue weighted by Crippen LogP contribution is 2.24. The summed E-state index contributed by atoms with van der Waals surface area (Å²) in [7, 11) is 0. The zero-order valence-corrected chi connectivity index (χ0v) is 18.2. The van der Waals surface area contributed by atoms with Gasteiger partial charge in [0.05, 0.1) is 17.6 Å². The van der Waals surface area contributed by atoms with Crippen molar-refractivity contribution in [2.75, 3.05) is 13.2 Å². The first kappa shape index (κ1) is 21.8. The van der Waals surface area contributed by atoms with Gasteiger partial charge in [-0.3, -0.25) is 4.79 Å². The molecule has 0 saturated heterocycles. The van der Waals surface area contributed by atoms with Crippen molar-refractivity contribution in [2.45, 2.75) is 19.4 Å². The summed E-state index contributed by atoms with van der Waals surface area (Å²) in [4.78, 5) is 16.8. The summed E-state index contributed by atoms with van der Waals surface area (Å²) in [6.45, 7) is 0.744. The summed E-state index contributed by atoms with van der Waals surface area (Å²) in [6, 6.07) is 21.6. The number of aromatic nitrogens is 2. The minimum absolute atomic E-state index is 0.0334. The number of fused-ring (bicyclic) bond motifs is 1. The standard InChI is InChI=1S/C25H23ClFN3O2/c26-20-10-6-11-21(27)19(20)16-30-23-13-5-4-12-22(23)29-24(30)14-7-15-28-25(31)17-32-18-8-2-1-3-9-18/h1-6,8-13H,7,14-17H2,(H,28,31). The van der Waals surface area contributed by atoms with Crippen molar-refractivity contribution in [3.63, 3.8) is 0 Å². The lowest BCUT2D eigenvalue weighted by atomic mass is 10.2. The Morgan fingerprint density at radius 1 is 1.03 bits per heavy atom. The molecule has 4 aromatic rings. The highest BCUT2D eigenvalue weighted by molar-refractivity contribution is 6.31. The van der Waals surface area contributed by atoms with Crippen LogP contribution < -0.4 is 10.1 Å². The van der Waals surface area contributed by atoms with Gasteiger partial charge in [0.1, 0.15) is 17.4 Å². The number of nitrogens with one attached hydrogen (secondary N) is 1. The number of ether oxygens (including phenoxy) is 1. The van der Waals surface area contributed by atoms with E-state index < -0.39 is 0 Å². The molecule has 3 aromatic carbocycles. The Bertz CT molecular complexity index is 1190. The van der Waals surface area contributed by atoms with E-state index in [0.29, 0.717) is 42.3 Å². The van der Waals surface area contributed by atoms with E-state index >= 15 is 0 Å². The third-order valence-corrected chi connectivity index (χ3v) is 5.48. The van der Waals surface area contributed by atoms with Crippen molar-refractivity contribution in [3.05, 3.63) is 95.0 Å². The fraction of sp³-hybridized carbons (Fsp3) is 0.200. The maximum absolute atomic E-state index is 14.4. The zero-order valence-electron chi connectivity index (χ0n) is 17.4. The Balaban J connectivity index is 1.39. The lowest BCUT2D eigenvalue weighted by Crippen LogP contribution is -2.30. The van der Waals surface area contributed by atoms with Crippen molar-refractivity contribution in [3.8, 4) is 5.75 Å². The first-order valence-corrected chi connectivity index (χ1v) is 10.8. The zero-order chi connectivity index (χ0) is 22.3. The molecule has 4 rings (SSSR count). The molecule has 7 heteroatoms. The van der Waals surface area contributed by atoms with Crippen LogP contribution in [-0.2, 0) is 17.8 Å². The van der Waals surface area contributed by atoms with Crippen LogP contribution in [-0.4, -0.2) is 28.6 Å². The Kier molecular flexibility index (Phi) is 7.02. The van der Waals surface area contributed by atoms with Gasteiger partial charge < -0.3 is 14.6 Å². The summed E-state index contributed by atoms with van der Waals surface area (Å²) < 4.78 is 21.8. The molecule has 1 amide bonds. The molecule has 0 aliphatic heterocycles. The van der Waals surface area contributed by atoms with E-state index in [1.54, 1.807) is 24.3 Å². The van der Waals surface area contributed by atoms with Gasteiger partial charge in [-0.25, -0.2) is 9.37 Å². The molecule has 1 aromatic heterocycles. The number of imidazole rings is 1. The summed E-state index contributed by atoms with van der Waals surface area (Å²) in [6.07, 6.45) is 1.31. The van der Waals surface area contributed by atoms with E-state index in [4.69, 9.17) is 21.3 Å². The van der Waals surface area contributed by atoms with Gasteiger partial charge in [-0.2, -0.15) is 0 Å². The quantitative estimate of drug-likeness (QED) is 0.364. The number of halogens is 2. The van der Waals surface area contributed by atoms with Crippen LogP contribution in [0.1, 0.15) is 17.8 Å². The Labute approximate surface area is 190 Å². The van der Waals surface area contributed by atoms with E-state index in [1.165, 1.54) is 6.07 Å². The Morgan fingerprint density at radius 2 is 1.81 bits per heavy atom. The van der Waals surface area contributed by atoms with Crippen molar-refractivity contribution >= 4 is 28.5 Å². The van der Waals surface area contributed by atoms with E-state index in [1.807, 2.05) is 47.0 Å². The van der Waals surface area contributed by atoms with Crippen LogP contribution >= 0.6 is 11.6 Å². The first-order valence-electron chi connectivity index (χ1n) is 10.4. The summed E-state index contributed by atoms with van der Waals surface area (Å²) >= 11 is 6.25. The highest BCUT2D eigenvalue weighted by Gasteiger charge is 2.15. The third-order valence-electron chi connectivity index (χ3n) is 5.12. The smallest absolute Gasteiger partial charge is 0.257 e. The molecule has 1 heterocycles. The van der Waals surface area contributed by atoms with Crippen molar-refractivity contribution < 1.29 is 13.9 Å². The fourth-order valence-corrected chi connectivity index (χ4v) is 3.75. The van der Waals surface area contributed by atoms with Crippen molar-refractivity contribution in [1.82, 2.24) is 14.9 Å². The molecule has 32 heavy (non-hydrogen) atoms. The van der Waals surface area contributed by atoms with Gasteiger partial charge in [-0.05, 0) is 42.8 Å². The number of nitrogens with zero attached hydrogens (tertiary/aromatic N) is 2. The molecule has 0 radical (unpaired) electrons.